The van der Waals surface area contributed by atoms with Gasteiger partial charge in [0.1, 0.15) is 5.03 Å². The van der Waals surface area contributed by atoms with E-state index in [4.69, 9.17) is 11.6 Å². The van der Waals surface area contributed by atoms with Crippen LogP contribution in [0.2, 0.25) is 0 Å². The molecule has 74 valence electrons. The number of hydrogen-bond acceptors (Lipinski definition) is 2. The largest absolute Gasteiger partial charge is 0.358 e. The second-order valence-corrected chi connectivity index (χ2v) is 3.36. The molecule has 0 radical (unpaired) electrons. The normalized spacial score (nSPS) is 11.9. The minimum absolute atomic E-state index is 0.132. The van der Waals surface area contributed by atoms with E-state index in [0.717, 1.165) is 5.69 Å². The first-order valence-corrected chi connectivity index (χ1v) is 4.68. The van der Waals surface area contributed by atoms with E-state index in [1.165, 1.54) is 6.92 Å². The van der Waals surface area contributed by atoms with Crippen molar-refractivity contribution in [2.24, 2.45) is 0 Å². The SMILES string of the molecule is CC(=O)/C(Cl)=C(/C)Nc1ccccc1. The van der Waals surface area contributed by atoms with E-state index in [-0.39, 0.29) is 10.8 Å². The van der Waals surface area contributed by atoms with Gasteiger partial charge in [0.2, 0.25) is 0 Å². The number of nitrogens with one attached hydrogen (secondary N) is 1. The summed E-state index contributed by atoms with van der Waals surface area (Å²) in [6.45, 7) is 3.22. The summed E-state index contributed by atoms with van der Waals surface area (Å²) in [5.74, 6) is -0.132. The second kappa shape index (κ2) is 4.82. The van der Waals surface area contributed by atoms with Crippen molar-refractivity contribution in [3.05, 3.63) is 41.1 Å². The lowest BCUT2D eigenvalue weighted by molar-refractivity contribution is -0.113. The summed E-state index contributed by atoms with van der Waals surface area (Å²) in [7, 11) is 0. The summed E-state index contributed by atoms with van der Waals surface area (Å²) < 4.78 is 0. The second-order valence-electron chi connectivity index (χ2n) is 2.99. The van der Waals surface area contributed by atoms with E-state index in [1.54, 1.807) is 6.92 Å². The molecule has 3 heteroatoms. The third-order valence-electron chi connectivity index (χ3n) is 1.74. The molecule has 2 nitrogen and oxygen atoms in total. The summed E-state index contributed by atoms with van der Waals surface area (Å²) in [5, 5.41) is 3.29. The van der Waals surface area contributed by atoms with Crippen LogP contribution < -0.4 is 5.32 Å². The fraction of sp³-hybridized carbons (Fsp3) is 0.182. The van der Waals surface area contributed by atoms with Crippen LogP contribution >= 0.6 is 11.6 Å². The Hall–Kier alpha value is -1.28. The van der Waals surface area contributed by atoms with Crippen LogP contribution in [-0.4, -0.2) is 5.78 Å². The molecule has 14 heavy (non-hydrogen) atoms. The molecule has 0 fully saturated rings. The van der Waals surface area contributed by atoms with E-state index in [1.807, 2.05) is 30.3 Å². The monoisotopic (exact) mass is 209 g/mol. The van der Waals surface area contributed by atoms with Crippen LogP contribution in [0.4, 0.5) is 5.69 Å². The fourth-order valence-corrected chi connectivity index (χ4v) is 1.10. The molecular weight excluding hydrogens is 198 g/mol. The molecule has 1 N–H and O–H groups in total. The first-order valence-electron chi connectivity index (χ1n) is 4.30. The van der Waals surface area contributed by atoms with Crippen molar-refractivity contribution in [3.8, 4) is 0 Å². The number of hydrogen-bond donors (Lipinski definition) is 1. The number of para-hydroxylation sites is 1. The van der Waals surface area contributed by atoms with E-state index in [9.17, 15) is 4.79 Å². The molecule has 0 unspecified atom stereocenters. The topological polar surface area (TPSA) is 29.1 Å². The Balaban J connectivity index is 2.80. The molecular formula is C11H12ClNO. The average molecular weight is 210 g/mol. The summed E-state index contributed by atoms with van der Waals surface area (Å²) in [6, 6.07) is 9.58. The number of halogens is 1. The van der Waals surface area contributed by atoms with Crippen LogP contribution in [0.15, 0.2) is 41.1 Å². The summed E-state index contributed by atoms with van der Waals surface area (Å²) >= 11 is 5.78. The van der Waals surface area contributed by atoms with E-state index >= 15 is 0 Å². The molecule has 0 bridgehead atoms. The lowest BCUT2D eigenvalue weighted by Crippen LogP contribution is -2.02. The lowest BCUT2D eigenvalue weighted by Gasteiger charge is -2.07. The lowest BCUT2D eigenvalue weighted by atomic mass is 10.3. The van der Waals surface area contributed by atoms with Gasteiger partial charge >= 0.3 is 0 Å². The molecule has 1 rings (SSSR count). The summed E-state index contributed by atoms with van der Waals surface area (Å²) in [4.78, 5) is 10.9. The van der Waals surface area contributed by atoms with Gasteiger partial charge in [0.15, 0.2) is 5.78 Å². The van der Waals surface area contributed by atoms with Gasteiger partial charge in [-0.25, -0.2) is 0 Å². The van der Waals surface area contributed by atoms with Crippen molar-refractivity contribution in [2.75, 3.05) is 5.32 Å². The highest BCUT2D eigenvalue weighted by atomic mass is 35.5. The predicted octanol–water partition coefficient (Wildman–Crippen LogP) is 3.16. The molecule has 1 aromatic carbocycles. The molecule has 0 aromatic heterocycles. The Bertz CT molecular complexity index is 357. The zero-order chi connectivity index (χ0) is 10.6. The van der Waals surface area contributed by atoms with Gasteiger partial charge in [-0.3, -0.25) is 4.79 Å². The zero-order valence-corrected chi connectivity index (χ0v) is 8.93. The van der Waals surface area contributed by atoms with E-state index in [2.05, 4.69) is 5.32 Å². The molecule has 0 amide bonds. The van der Waals surface area contributed by atoms with Crippen LogP contribution in [0.25, 0.3) is 0 Å². The number of allylic oxidation sites excluding steroid dienone is 2. The molecule has 0 heterocycles. The smallest absolute Gasteiger partial charge is 0.172 e. The number of rotatable bonds is 3. The van der Waals surface area contributed by atoms with Crippen LogP contribution in [0.5, 0.6) is 0 Å². The number of benzene rings is 1. The van der Waals surface area contributed by atoms with Gasteiger partial charge in [0.25, 0.3) is 0 Å². The quantitative estimate of drug-likeness (QED) is 0.775. The van der Waals surface area contributed by atoms with Gasteiger partial charge in [-0.2, -0.15) is 0 Å². The molecule has 0 spiro atoms. The Morgan fingerprint density at radius 2 is 1.79 bits per heavy atom. The maximum atomic E-state index is 10.9. The van der Waals surface area contributed by atoms with Crippen molar-refractivity contribution >= 4 is 23.1 Å². The summed E-state index contributed by atoms with van der Waals surface area (Å²) in [6.07, 6.45) is 0. The highest BCUT2D eigenvalue weighted by Gasteiger charge is 2.04. The number of Topliss-reactive ketones (excluding diaryl/α,β-unsaturated/α-hetero) is 1. The van der Waals surface area contributed by atoms with Crippen molar-refractivity contribution < 1.29 is 4.79 Å². The first kappa shape index (κ1) is 10.8. The number of carbonyl (C=O) groups excluding carboxylic acids is 1. The van der Waals surface area contributed by atoms with Crippen molar-refractivity contribution in [2.45, 2.75) is 13.8 Å². The third-order valence-corrected chi connectivity index (χ3v) is 2.29. The Labute approximate surface area is 88.6 Å². The standard InChI is InChI=1S/C11H12ClNO/c1-8(11(12)9(2)14)13-10-6-4-3-5-7-10/h3-7,13H,1-2H3/b11-8+. The third kappa shape index (κ3) is 2.89. The molecule has 0 saturated heterocycles. The van der Waals surface area contributed by atoms with E-state index < -0.39 is 0 Å². The molecule has 0 atom stereocenters. The van der Waals surface area contributed by atoms with Crippen LogP contribution in [0.3, 0.4) is 0 Å². The maximum absolute atomic E-state index is 10.9. The van der Waals surface area contributed by atoms with Crippen molar-refractivity contribution in [3.63, 3.8) is 0 Å². The van der Waals surface area contributed by atoms with Crippen LogP contribution in [-0.2, 0) is 4.79 Å². The Morgan fingerprint density at radius 3 is 2.29 bits per heavy atom. The number of ketones is 1. The van der Waals surface area contributed by atoms with Gasteiger partial charge in [-0.15, -0.1) is 0 Å². The van der Waals surface area contributed by atoms with Gasteiger partial charge in [-0.05, 0) is 19.1 Å². The molecule has 0 aliphatic heterocycles. The maximum Gasteiger partial charge on any atom is 0.172 e. The molecule has 1 aromatic rings. The van der Waals surface area contributed by atoms with Crippen LogP contribution in [0.1, 0.15) is 13.8 Å². The van der Waals surface area contributed by atoms with Gasteiger partial charge in [0.05, 0.1) is 0 Å². The predicted molar refractivity (Wildman–Crippen MR) is 59.3 cm³/mol. The average Bonchev–Trinajstić information content (AvgIpc) is 2.18. The fourth-order valence-electron chi connectivity index (χ4n) is 1.06. The van der Waals surface area contributed by atoms with E-state index in [0.29, 0.717) is 5.70 Å². The highest BCUT2D eigenvalue weighted by molar-refractivity contribution is 6.42. The molecule has 0 aliphatic carbocycles. The highest BCUT2D eigenvalue weighted by Crippen LogP contribution is 2.14. The van der Waals surface area contributed by atoms with Gasteiger partial charge in [-0.1, -0.05) is 29.8 Å². The first-order chi connectivity index (χ1) is 6.61. The van der Waals surface area contributed by atoms with Crippen LogP contribution in [0, 0.1) is 0 Å². The van der Waals surface area contributed by atoms with Gasteiger partial charge in [0, 0.05) is 18.3 Å². The molecule has 0 saturated carbocycles. The molecule has 0 aliphatic rings. The van der Waals surface area contributed by atoms with Crippen molar-refractivity contribution in [1.29, 1.82) is 0 Å². The zero-order valence-electron chi connectivity index (χ0n) is 8.17. The van der Waals surface area contributed by atoms with Crippen molar-refractivity contribution in [1.82, 2.24) is 0 Å². The Kier molecular flexibility index (Phi) is 3.72. The van der Waals surface area contributed by atoms with Gasteiger partial charge < -0.3 is 5.32 Å². The number of carbonyl (C=O) groups is 1. The number of anilines is 1. The Morgan fingerprint density at radius 1 is 1.21 bits per heavy atom. The minimum Gasteiger partial charge on any atom is -0.358 e. The summed E-state index contributed by atoms with van der Waals surface area (Å²) in [5.41, 5.74) is 1.59. The minimum atomic E-state index is -0.132.